The molecule has 0 amide bonds. The topological polar surface area (TPSA) is 62.2 Å². The molecule has 5 heteroatoms. The summed E-state index contributed by atoms with van der Waals surface area (Å²) >= 11 is 0. The number of benzene rings is 1. The van der Waals surface area contributed by atoms with Gasteiger partial charge in [-0.05, 0) is 76.7 Å². The Morgan fingerprint density at radius 1 is 1.33 bits per heavy atom. The van der Waals surface area contributed by atoms with E-state index in [1.165, 1.54) is 11.1 Å². The van der Waals surface area contributed by atoms with Gasteiger partial charge in [-0.25, -0.2) is 0 Å². The molecule has 7 rings (SSSR count). The van der Waals surface area contributed by atoms with E-state index in [9.17, 15) is 10.2 Å². The van der Waals surface area contributed by atoms with Crippen LogP contribution in [0, 0.1) is 11.3 Å². The molecule has 5 nitrogen and oxygen atoms in total. The van der Waals surface area contributed by atoms with Gasteiger partial charge in [-0.2, -0.15) is 0 Å². The van der Waals surface area contributed by atoms with E-state index in [-0.39, 0.29) is 28.6 Å². The van der Waals surface area contributed by atoms with Crippen molar-refractivity contribution in [2.24, 2.45) is 11.3 Å². The third kappa shape index (κ3) is 1.73. The van der Waals surface area contributed by atoms with Crippen molar-refractivity contribution in [2.45, 2.75) is 74.7 Å². The molecule has 162 valence electrons. The number of methoxy groups -OCH3 is 1. The summed E-state index contributed by atoms with van der Waals surface area (Å²) in [5.41, 5.74) is 1.52. The Bertz CT molecular complexity index is 972. The number of phenols is 1. The van der Waals surface area contributed by atoms with Gasteiger partial charge < -0.3 is 24.6 Å². The van der Waals surface area contributed by atoms with Gasteiger partial charge in [-0.15, -0.1) is 0 Å². The number of fused-ring (bicyclic) bond motifs is 2. The first-order chi connectivity index (χ1) is 14.2. The highest BCUT2D eigenvalue weighted by Gasteiger charge is 2.81. The number of rotatable bonds is 3. The Kier molecular flexibility index (Phi) is 3.47. The number of aliphatic hydroxyl groups is 1. The molecule has 1 aromatic carbocycles. The molecule has 6 aliphatic rings. The largest absolute Gasteiger partial charge is 0.504 e. The second-order valence-corrected chi connectivity index (χ2v) is 10.9. The fourth-order valence-corrected chi connectivity index (χ4v) is 8.64. The number of nitrogens with zero attached hydrogens (tertiary/aromatic N) is 1. The fraction of sp³-hybridized carbons (Fsp3) is 0.680. The summed E-state index contributed by atoms with van der Waals surface area (Å²) in [5, 5.41) is 22.5. The van der Waals surface area contributed by atoms with Crippen LogP contribution in [0.15, 0.2) is 24.3 Å². The molecule has 4 bridgehead atoms. The van der Waals surface area contributed by atoms with Crippen LogP contribution in [0.5, 0.6) is 11.5 Å². The zero-order valence-electron chi connectivity index (χ0n) is 18.5. The van der Waals surface area contributed by atoms with E-state index in [1.807, 2.05) is 13.8 Å². The summed E-state index contributed by atoms with van der Waals surface area (Å²) in [4.78, 5) is 2.54. The SMILES string of the molecule is C=C(C)C(C)(O)C1CC23CCC1(OC)C1Oc4c(O)ccc5c4C12CCN(C)C3C5. The van der Waals surface area contributed by atoms with E-state index >= 15 is 0 Å². The first-order valence-corrected chi connectivity index (χ1v) is 11.3. The van der Waals surface area contributed by atoms with Crippen LogP contribution in [0.4, 0.5) is 0 Å². The molecule has 2 spiro atoms. The van der Waals surface area contributed by atoms with Gasteiger partial charge >= 0.3 is 0 Å². The second-order valence-electron chi connectivity index (χ2n) is 10.9. The summed E-state index contributed by atoms with van der Waals surface area (Å²) in [6, 6.07) is 4.29. The minimum absolute atomic E-state index is 0.00109. The van der Waals surface area contributed by atoms with Crippen molar-refractivity contribution in [3.63, 3.8) is 0 Å². The van der Waals surface area contributed by atoms with Gasteiger partial charge in [-0.3, -0.25) is 0 Å². The predicted molar refractivity (Wildman–Crippen MR) is 114 cm³/mol. The number of aromatic hydroxyl groups is 1. The molecule has 7 atom stereocenters. The van der Waals surface area contributed by atoms with Crippen LogP contribution >= 0.6 is 0 Å². The molecule has 1 aromatic rings. The molecule has 0 aromatic heterocycles. The molecule has 2 heterocycles. The molecule has 7 unspecified atom stereocenters. The van der Waals surface area contributed by atoms with E-state index in [4.69, 9.17) is 9.47 Å². The Morgan fingerprint density at radius 2 is 2.10 bits per heavy atom. The third-order valence-corrected chi connectivity index (χ3v) is 10.2. The van der Waals surface area contributed by atoms with Crippen LogP contribution in [0.3, 0.4) is 0 Å². The van der Waals surface area contributed by atoms with E-state index in [0.717, 1.165) is 44.2 Å². The van der Waals surface area contributed by atoms with Crippen molar-refractivity contribution in [3.05, 3.63) is 35.4 Å². The Hall–Kier alpha value is -1.56. The normalized spacial score (nSPS) is 44.9. The first kappa shape index (κ1) is 19.1. The lowest BCUT2D eigenvalue weighted by Gasteiger charge is -2.74. The van der Waals surface area contributed by atoms with Crippen LogP contribution < -0.4 is 4.74 Å². The maximum absolute atomic E-state index is 11.7. The Balaban J connectivity index is 1.67. The molecule has 1 saturated heterocycles. The zero-order chi connectivity index (χ0) is 21.3. The van der Waals surface area contributed by atoms with E-state index in [2.05, 4.69) is 24.6 Å². The monoisotopic (exact) mass is 411 g/mol. The number of phenolic OH excluding ortho intramolecular Hbond substituents is 1. The second kappa shape index (κ2) is 5.43. The summed E-state index contributed by atoms with van der Waals surface area (Å²) in [7, 11) is 4.03. The molecular formula is C25H33NO4. The van der Waals surface area contributed by atoms with Gasteiger partial charge in [0, 0.05) is 35.5 Å². The Labute approximate surface area is 178 Å². The minimum Gasteiger partial charge on any atom is -0.504 e. The maximum atomic E-state index is 11.7. The van der Waals surface area contributed by atoms with Crippen LogP contribution in [0.1, 0.15) is 50.7 Å². The average molecular weight is 412 g/mol. The number of likely N-dealkylation sites (tertiary alicyclic amines) is 1. The molecule has 4 fully saturated rings. The van der Waals surface area contributed by atoms with Crippen molar-refractivity contribution >= 4 is 0 Å². The first-order valence-electron chi connectivity index (χ1n) is 11.3. The molecule has 0 radical (unpaired) electrons. The molecule has 3 saturated carbocycles. The lowest BCUT2D eigenvalue weighted by molar-refractivity contribution is -0.296. The van der Waals surface area contributed by atoms with Crippen molar-refractivity contribution in [1.82, 2.24) is 4.90 Å². The smallest absolute Gasteiger partial charge is 0.165 e. The summed E-state index contributed by atoms with van der Waals surface area (Å²) in [6.45, 7) is 8.97. The van der Waals surface area contributed by atoms with Gasteiger partial charge in [-0.1, -0.05) is 12.6 Å². The number of hydrogen-bond acceptors (Lipinski definition) is 5. The summed E-state index contributed by atoms with van der Waals surface area (Å²) in [5.74, 6) is 0.800. The van der Waals surface area contributed by atoms with Crippen molar-refractivity contribution in [2.75, 3.05) is 20.7 Å². The highest BCUT2D eigenvalue weighted by atomic mass is 16.6. The van der Waals surface area contributed by atoms with Gasteiger partial charge in [0.25, 0.3) is 0 Å². The van der Waals surface area contributed by atoms with Crippen LogP contribution in [-0.4, -0.2) is 59.2 Å². The predicted octanol–water partition coefficient (Wildman–Crippen LogP) is 3.16. The average Bonchev–Trinajstić information content (AvgIpc) is 3.09. The van der Waals surface area contributed by atoms with Crippen molar-refractivity contribution < 1.29 is 19.7 Å². The zero-order valence-corrected chi connectivity index (χ0v) is 18.5. The fourth-order valence-electron chi connectivity index (χ4n) is 8.64. The van der Waals surface area contributed by atoms with Crippen LogP contribution in [0.25, 0.3) is 0 Å². The quantitative estimate of drug-likeness (QED) is 0.748. The van der Waals surface area contributed by atoms with Crippen molar-refractivity contribution in [3.8, 4) is 11.5 Å². The van der Waals surface area contributed by atoms with E-state index in [0.29, 0.717) is 11.8 Å². The molecule has 30 heavy (non-hydrogen) atoms. The Morgan fingerprint density at radius 3 is 2.80 bits per heavy atom. The number of likely N-dealkylation sites (N-methyl/N-ethyl adjacent to an activating group) is 1. The molecule has 2 aliphatic heterocycles. The molecule has 2 N–H and O–H groups in total. The lowest BCUT2D eigenvalue weighted by atomic mass is 9.33. The highest BCUT2D eigenvalue weighted by Crippen LogP contribution is 2.77. The van der Waals surface area contributed by atoms with Gasteiger partial charge in [0.2, 0.25) is 0 Å². The number of hydrogen-bond donors (Lipinski definition) is 2. The van der Waals surface area contributed by atoms with Crippen LogP contribution in [0.2, 0.25) is 0 Å². The highest BCUT2D eigenvalue weighted by molar-refractivity contribution is 5.63. The van der Waals surface area contributed by atoms with Gasteiger partial charge in [0.05, 0.1) is 5.60 Å². The molecule has 4 aliphatic carbocycles. The minimum atomic E-state index is -1.04. The van der Waals surface area contributed by atoms with E-state index in [1.54, 1.807) is 13.2 Å². The van der Waals surface area contributed by atoms with Gasteiger partial charge in [0.1, 0.15) is 11.7 Å². The summed E-state index contributed by atoms with van der Waals surface area (Å²) < 4.78 is 13.1. The van der Waals surface area contributed by atoms with Gasteiger partial charge in [0.15, 0.2) is 11.5 Å². The molecular weight excluding hydrogens is 378 g/mol. The standard InChI is InChI=1S/C25H33NO4/c1-14(2)22(3,28)17-13-23-8-9-25(17,29-5)21-24(23)10-11-26(4)18(23)12-15-6-7-16(27)20(30-21)19(15)24/h6-7,17-18,21,27-28H,1,8-13H2,2-5H3. The summed E-state index contributed by atoms with van der Waals surface area (Å²) in [6.07, 6.45) is 4.59. The van der Waals surface area contributed by atoms with E-state index < -0.39 is 11.2 Å². The van der Waals surface area contributed by atoms with Crippen LogP contribution in [-0.2, 0) is 16.6 Å². The maximum Gasteiger partial charge on any atom is 0.165 e. The number of piperidine rings is 1. The number of ether oxygens (including phenoxy) is 2. The lowest BCUT2D eigenvalue weighted by Crippen LogP contribution is -2.82. The third-order valence-electron chi connectivity index (χ3n) is 10.2. The van der Waals surface area contributed by atoms with Crippen molar-refractivity contribution in [1.29, 1.82) is 0 Å².